The Morgan fingerprint density at radius 1 is 1.00 bits per heavy atom. The molecule has 3 aromatic rings. The Balaban J connectivity index is 1.55. The SMILES string of the molecule is COc1cccc(OC)c1C(=O)Nc1ccc2c(c1)CN(C(=O)c1cccs1)CC2. The fraction of sp³-hybridized carbons (Fsp3) is 0.217. The highest BCUT2D eigenvalue weighted by Crippen LogP contribution is 2.30. The zero-order valence-corrected chi connectivity index (χ0v) is 17.6. The van der Waals surface area contributed by atoms with Crippen molar-refractivity contribution in [1.82, 2.24) is 4.90 Å². The van der Waals surface area contributed by atoms with Crippen molar-refractivity contribution in [2.45, 2.75) is 13.0 Å². The predicted molar refractivity (Wildman–Crippen MR) is 117 cm³/mol. The van der Waals surface area contributed by atoms with Gasteiger partial charge in [0.15, 0.2) is 0 Å². The number of hydrogen-bond acceptors (Lipinski definition) is 5. The van der Waals surface area contributed by atoms with Crippen molar-refractivity contribution >= 4 is 28.8 Å². The molecule has 0 atom stereocenters. The van der Waals surface area contributed by atoms with Gasteiger partial charge < -0.3 is 19.7 Å². The van der Waals surface area contributed by atoms with E-state index < -0.39 is 0 Å². The molecule has 0 saturated carbocycles. The van der Waals surface area contributed by atoms with Gasteiger partial charge in [-0.2, -0.15) is 0 Å². The van der Waals surface area contributed by atoms with E-state index >= 15 is 0 Å². The Labute approximate surface area is 179 Å². The predicted octanol–water partition coefficient (Wildman–Crippen LogP) is 4.22. The summed E-state index contributed by atoms with van der Waals surface area (Å²) in [5.74, 6) is 0.616. The molecule has 4 rings (SSSR count). The molecule has 30 heavy (non-hydrogen) atoms. The van der Waals surface area contributed by atoms with Gasteiger partial charge in [0.2, 0.25) is 0 Å². The molecule has 2 heterocycles. The summed E-state index contributed by atoms with van der Waals surface area (Å²) in [6, 6.07) is 14.8. The first kappa shape index (κ1) is 20.0. The molecule has 6 nitrogen and oxygen atoms in total. The van der Waals surface area contributed by atoms with Crippen LogP contribution in [0.3, 0.4) is 0 Å². The largest absolute Gasteiger partial charge is 0.496 e. The van der Waals surface area contributed by atoms with Crippen LogP contribution in [0.5, 0.6) is 11.5 Å². The Bertz CT molecular complexity index is 1060. The van der Waals surface area contributed by atoms with Crippen LogP contribution in [0.4, 0.5) is 5.69 Å². The second kappa shape index (κ2) is 8.59. The molecule has 2 amide bonds. The van der Waals surface area contributed by atoms with Crippen LogP contribution in [0, 0.1) is 0 Å². The van der Waals surface area contributed by atoms with E-state index in [1.165, 1.54) is 31.1 Å². The lowest BCUT2D eigenvalue weighted by molar-refractivity contribution is 0.0739. The van der Waals surface area contributed by atoms with Crippen LogP contribution < -0.4 is 14.8 Å². The molecule has 0 saturated heterocycles. The highest BCUT2D eigenvalue weighted by molar-refractivity contribution is 7.12. The third-order valence-corrected chi connectivity index (χ3v) is 6.01. The molecular formula is C23H22N2O4S. The minimum atomic E-state index is -0.313. The van der Waals surface area contributed by atoms with E-state index in [0.29, 0.717) is 35.8 Å². The fourth-order valence-corrected chi connectivity index (χ4v) is 4.32. The van der Waals surface area contributed by atoms with Gasteiger partial charge in [0.1, 0.15) is 17.1 Å². The molecule has 0 aliphatic carbocycles. The third kappa shape index (κ3) is 3.89. The van der Waals surface area contributed by atoms with E-state index in [1.54, 1.807) is 18.2 Å². The van der Waals surface area contributed by atoms with Gasteiger partial charge in [-0.15, -0.1) is 11.3 Å². The van der Waals surface area contributed by atoms with Crippen molar-refractivity contribution in [2.24, 2.45) is 0 Å². The molecule has 0 radical (unpaired) electrons. The van der Waals surface area contributed by atoms with E-state index in [-0.39, 0.29) is 11.8 Å². The number of carbonyl (C=O) groups excluding carboxylic acids is 2. The molecule has 1 N–H and O–H groups in total. The van der Waals surface area contributed by atoms with E-state index in [4.69, 9.17) is 9.47 Å². The summed E-state index contributed by atoms with van der Waals surface area (Å²) < 4.78 is 10.7. The Hall–Kier alpha value is -3.32. The average Bonchev–Trinajstić information content (AvgIpc) is 3.32. The Kier molecular flexibility index (Phi) is 5.72. The van der Waals surface area contributed by atoms with Gasteiger partial charge in [-0.25, -0.2) is 0 Å². The maximum absolute atomic E-state index is 12.9. The number of ether oxygens (including phenoxy) is 2. The smallest absolute Gasteiger partial charge is 0.264 e. The molecule has 7 heteroatoms. The van der Waals surface area contributed by atoms with Crippen molar-refractivity contribution < 1.29 is 19.1 Å². The van der Waals surface area contributed by atoms with Crippen LogP contribution in [0.25, 0.3) is 0 Å². The molecular weight excluding hydrogens is 400 g/mol. The quantitative estimate of drug-likeness (QED) is 0.669. The number of fused-ring (bicyclic) bond motifs is 1. The number of benzene rings is 2. The average molecular weight is 423 g/mol. The van der Waals surface area contributed by atoms with Gasteiger partial charge in [-0.05, 0) is 53.3 Å². The molecule has 0 unspecified atom stereocenters. The Morgan fingerprint density at radius 3 is 2.43 bits per heavy atom. The Morgan fingerprint density at radius 2 is 1.77 bits per heavy atom. The van der Waals surface area contributed by atoms with Gasteiger partial charge in [-0.3, -0.25) is 9.59 Å². The molecule has 1 aromatic heterocycles. The van der Waals surface area contributed by atoms with Crippen LogP contribution in [0.1, 0.15) is 31.2 Å². The normalized spacial score (nSPS) is 12.8. The van der Waals surface area contributed by atoms with Crippen molar-refractivity contribution in [3.8, 4) is 11.5 Å². The van der Waals surface area contributed by atoms with Gasteiger partial charge >= 0.3 is 0 Å². The van der Waals surface area contributed by atoms with Gasteiger partial charge in [0, 0.05) is 18.8 Å². The molecule has 0 spiro atoms. The number of methoxy groups -OCH3 is 2. The number of carbonyl (C=O) groups is 2. The number of amides is 2. The maximum Gasteiger partial charge on any atom is 0.264 e. The van der Waals surface area contributed by atoms with Crippen LogP contribution in [0.2, 0.25) is 0 Å². The first-order valence-corrected chi connectivity index (χ1v) is 10.5. The van der Waals surface area contributed by atoms with E-state index in [9.17, 15) is 9.59 Å². The van der Waals surface area contributed by atoms with Crippen LogP contribution in [0.15, 0.2) is 53.9 Å². The number of rotatable bonds is 5. The highest BCUT2D eigenvalue weighted by Gasteiger charge is 2.23. The molecule has 0 fully saturated rings. The van der Waals surface area contributed by atoms with Crippen LogP contribution in [-0.2, 0) is 13.0 Å². The van der Waals surface area contributed by atoms with Crippen molar-refractivity contribution in [1.29, 1.82) is 0 Å². The lowest BCUT2D eigenvalue weighted by atomic mass is 9.98. The summed E-state index contributed by atoms with van der Waals surface area (Å²) in [5, 5.41) is 4.84. The van der Waals surface area contributed by atoms with Gasteiger partial charge in [0.25, 0.3) is 11.8 Å². The van der Waals surface area contributed by atoms with E-state index in [2.05, 4.69) is 5.32 Å². The number of hydrogen-bond donors (Lipinski definition) is 1. The number of nitrogens with zero attached hydrogens (tertiary/aromatic N) is 1. The standard InChI is InChI=1S/C23H22N2O4S/c1-28-18-5-3-6-19(29-2)21(18)22(26)24-17-9-8-15-10-11-25(14-16(15)13-17)23(27)20-7-4-12-30-20/h3-9,12-13H,10-11,14H2,1-2H3,(H,24,26). The van der Waals surface area contributed by atoms with Gasteiger partial charge in [-0.1, -0.05) is 18.2 Å². The summed E-state index contributed by atoms with van der Waals surface area (Å²) in [7, 11) is 3.04. The van der Waals surface area contributed by atoms with Crippen molar-refractivity contribution in [2.75, 3.05) is 26.1 Å². The summed E-state index contributed by atoms with van der Waals surface area (Å²) in [5.41, 5.74) is 3.24. The van der Waals surface area contributed by atoms with Gasteiger partial charge in [0.05, 0.1) is 19.1 Å². The second-order valence-corrected chi connectivity index (χ2v) is 7.88. The zero-order valence-electron chi connectivity index (χ0n) is 16.8. The van der Waals surface area contributed by atoms with Crippen molar-refractivity contribution in [3.05, 3.63) is 75.5 Å². The summed E-state index contributed by atoms with van der Waals surface area (Å²) in [4.78, 5) is 28.2. The zero-order chi connectivity index (χ0) is 21.1. The topological polar surface area (TPSA) is 67.9 Å². The lowest BCUT2D eigenvalue weighted by Gasteiger charge is -2.29. The summed E-state index contributed by atoms with van der Waals surface area (Å²) in [6.07, 6.45) is 0.793. The lowest BCUT2D eigenvalue weighted by Crippen LogP contribution is -2.35. The number of thiophene rings is 1. The van der Waals surface area contributed by atoms with E-state index in [1.807, 2.05) is 40.6 Å². The molecule has 1 aliphatic heterocycles. The molecule has 2 aromatic carbocycles. The first-order valence-electron chi connectivity index (χ1n) is 9.57. The third-order valence-electron chi connectivity index (χ3n) is 5.15. The monoisotopic (exact) mass is 422 g/mol. The molecule has 154 valence electrons. The minimum Gasteiger partial charge on any atom is -0.496 e. The molecule has 1 aliphatic rings. The van der Waals surface area contributed by atoms with E-state index in [0.717, 1.165) is 16.9 Å². The second-order valence-electron chi connectivity index (χ2n) is 6.93. The van der Waals surface area contributed by atoms with Crippen LogP contribution in [-0.4, -0.2) is 37.5 Å². The maximum atomic E-state index is 12.9. The van der Waals surface area contributed by atoms with Crippen LogP contribution >= 0.6 is 11.3 Å². The summed E-state index contributed by atoms with van der Waals surface area (Å²) >= 11 is 1.45. The number of nitrogens with one attached hydrogen (secondary N) is 1. The minimum absolute atomic E-state index is 0.0452. The molecule has 0 bridgehead atoms. The highest BCUT2D eigenvalue weighted by atomic mass is 32.1. The first-order chi connectivity index (χ1) is 14.6. The summed E-state index contributed by atoms with van der Waals surface area (Å²) in [6.45, 7) is 1.21. The number of anilines is 1. The van der Waals surface area contributed by atoms with Crippen molar-refractivity contribution in [3.63, 3.8) is 0 Å². The fourth-order valence-electron chi connectivity index (χ4n) is 3.63.